The Kier molecular flexibility index (Phi) is 10.0. The van der Waals surface area contributed by atoms with Gasteiger partial charge >= 0.3 is 0 Å². The largest absolute Gasteiger partial charge is 0.490 e. The topological polar surface area (TPSA) is 114 Å². The number of halogens is 1. The van der Waals surface area contributed by atoms with Gasteiger partial charge in [0, 0.05) is 43.3 Å². The summed E-state index contributed by atoms with van der Waals surface area (Å²) in [5.74, 6) is 0.658. The maximum Gasteiger partial charge on any atom is 0.264 e. The number of sulfonamides is 1. The third-order valence-corrected chi connectivity index (χ3v) is 12.5. The zero-order valence-corrected chi connectivity index (χ0v) is 28.2. The van der Waals surface area contributed by atoms with E-state index in [1.54, 1.807) is 25.3 Å². The lowest BCUT2D eigenvalue weighted by Gasteiger charge is -2.46. The second kappa shape index (κ2) is 13.8. The van der Waals surface area contributed by atoms with Crippen molar-refractivity contribution in [2.75, 3.05) is 45.4 Å². The molecule has 0 aromatic heterocycles. The van der Waals surface area contributed by atoms with Gasteiger partial charge < -0.3 is 24.2 Å². The van der Waals surface area contributed by atoms with E-state index in [-0.39, 0.29) is 36.5 Å². The van der Waals surface area contributed by atoms with E-state index in [0.29, 0.717) is 37.2 Å². The fourth-order valence-corrected chi connectivity index (χ4v) is 9.60. The number of benzene rings is 2. The van der Waals surface area contributed by atoms with Crippen molar-refractivity contribution in [3.8, 4) is 5.75 Å². The first-order valence-corrected chi connectivity index (χ1v) is 18.3. The van der Waals surface area contributed by atoms with Crippen LogP contribution >= 0.6 is 11.6 Å². The molecule has 11 heteroatoms. The number of nitrogens with one attached hydrogen (secondary N) is 1. The Balaban J connectivity index is 1.39. The fraction of sp³-hybridized carbons (Fsp3) is 0.571. The van der Waals surface area contributed by atoms with E-state index in [2.05, 4.69) is 27.8 Å². The average molecular weight is 673 g/mol. The minimum absolute atomic E-state index is 0.00425. The highest BCUT2D eigenvalue weighted by atomic mass is 35.5. The Bertz CT molecular complexity index is 1570. The van der Waals surface area contributed by atoms with Crippen molar-refractivity contribution in [3.05, 3.63) is 70.3 Å². The molecule has 2 aliphatic carbocycles. The van der Waals surface area contributed by atoms with Crippen LogP contribution in [0.25, 0.3) is 0 Å². The second-order valence-corrected chi connectivity index (χ2v) is 15.8. The summed E-state index contributed by atoms with van der Waals surface area (Å²) in [4.78, 5) is 15.9. The number of amides is 1. The molecule has 2 aromatic rings. The molecule has 0 unspecified atom stereocenters. The number of methoxy groups -OCH3 is 2. The standard InChI is InChI=1S/C35H45ClN2O7S/c1-43-20-27(39)18-28-7-3-4-8-32(44-2)29-12-9-25(29)19-38-21-35(15-5-6-23-16-26(36)11-13-30(23)35)22-45-33-14-10-24(17-31(33)38)34(40)37-46(28,41)42/h4,8,10-11,13-14,16-17,25,27-29,32,39H,3,5-7,9,12,15,18-22H2,1-2H3,(H,37,40)/b8-4+/t25-,27-,28+,29+,32-,35-/m0/s1. The Morgan fingerprint density at radius 3 is 2.78 bits per heavy atom. The van der Waals surface area contributed by atoms with Crippen LogP contribution in [-0.4, -0.2) is 77.4 Å². The lowest BCUT2D eigenvalue weighted by molar-refractivity contribution is 0.0131. The second-order valence-electron chi connectivity index (χ2n) is 13.4. The summed E-state index contributed by atoms with van der Waals surface area (Å²) < 4.78 is 47.1. The molecule has 2 N–H and O–H groups in total. The van der Waals surface area contributed by atoms with Crippen LogP contribution < -0.4 is 14.4 Å². The number of carbonyl (C=O) groups is 1. The van der Waals surface area contributed by atoms with Crippen LogP contribution in [0, 0.1) is 11.8 Å². The maximum absolute atomic E-state index is 13.6. The van der Waals surface area contributed by atoms with Crippen molar-refractivity contribution in [2.45, 2.75) is 74.2 Å². The van der Waals surface area contributed by atoms with Crippen molar-refractivity contribution in [3.63, 3.8) is 0 Å². The lowest BCUT2D eigenvalue weighted by atomic mass is 9.68. The van der Waals surface area contributed by atoms with Gasteiger partial charge in [-0.1, -0.05) is 29.8 Å². The summed E-state index contributed by atoms with van der Waals surface area (Å²) in [5.41, 5.74) is 3.28. The quantitative estimate of drug-likeness (QED) is 0.426. The molecule has 2 bridgehead atoms. The van der Waals surface area contributed by atoms with Gasteiger partial charge in [0.25, 0.3) is 5.91 Å². The number of nitrogens with zero attached hydrogens (tertiary/aromatic N) is 1. The zero-order valence-electron chi connectivity index (χ0n) is 26.6. The molecule has 1 spiro atoms. The van der Waals surface area contributed by atoms with Crippen LogP contribution in [0.3, 0.4) is 0 Å². The molecule has 4 aliphatic rings. The summed E-state index contributed by atoms with van der Waals surface area (Å²) in [6, 6.07) is 11.4. The average Bonchev–Trinajstić information content (AvgIpc) is 3.16. The SMILES string of the molecule is COC[C@@H](O)C[C@H]1CC/C=C/[C@H](OC)[C@@H]2CC[C@H]2CN2C[C@@]3(CCCc4cc(Cl)ccc43)COc3ccc(cc32)C(=O)NS1(=O)=O. The first kappa shape index (κ1) is 33.3. The Labute approximate surface area is 277 Å². The summed E-state index contributed by atoms with van der Waals surface area (Å²) >= 11 is 6.42. The Morgan fingerprint density at radius 1 is 1.17 bits per heavy atom. The zero-order chi connectivity index (χ0) is 32.5. The van der Waals surface area contributed by atoms with Crippen LogP contribution in [0.1, 0.15) is 66.4 Å². The minimum Gasteiger partial charge on any atom is -0.490 e. The first-order chi connectivity index (χ1) is 22.1. The first-order valence-electron chi connectivity index (χ1n) is 16.4. The lowest BCUT2D eigenvalue weighted by Crippen LogP contribution is -2.49. The van der Waals surface area contributed by atoms with Crippen LogP contribution in [0.2, 0.25) is 5.02 Å². The van der Waals surface area contributed by atoms with Crippen molar-refractivity contribution in [1.82, 2.24) is 4.72 Å². The van der Waals surface area contributed by atoms with E-state index in [9.17, 15) is 18.3 Å². The molecule has 0 radical (unpaired) electrons. The number of ether oxygens (including phenoxy) is 3. The third-order valence-electron chi connectivity index (χ3n) is 10.5. The summed E-state index contributed by atoms with van der Waals surface area (Å²) in [6.07, 6.45) is 8.67. The molecule has 250 valence electrons. The van der Waals surface area contributed by atoms with Crippen molar-refractivity contribution >= 4 is 33.2 Å². The maximum atomic E-state index is 13.6. The molecule has 46 heavy (non-hydrogen) atoms. The minimum atomic E-state index is -4.13. The van der Waals surface area contributed by atoms with Crippen molar-refractivity contribution in [2.24, 2.45) is 11.8 Å². The highest BCUT2D eigenvalue weighted by Crippen LogP contribution is 2.47. The van der Waals surface area contributed by atoms with Gasteiger partial charge in [0.15, 0.2) is 0 Å². The van der Waals surface area contributed by atoms with Crippen LogP contribution in [0.5, 0.6) is 5.75 Å². The predicted octanol–water partition coefficient (Wildman–Crippen LogP) is 5.03. The monoisotopic (exact) mass is 672 g/mol. The molecule has 2 aliphatic heterocycles. The van der Waals surface area contributed by atoms with E-state index < -0.39 is 27.3 Å². The molecule has 6 atom stereocenters. The molecule has 6 rings (SSSR count). The molecule has 9 nitrogen and oxygen atoms in total. The van der Waals surface area contributed by atoms with Crippen molar-refractivity contribution in [1.29, 1.82) is 0 Å². The molecular formula is C35H45ClN2O7S. The van der Waals surface area contributed by atoms with E-state index in [1.807, 2.05) is 12.1 Å². The predicted molar refractivity (Wildman–Crippen MR) is 178 cm³/mol. The molecule has 2 heterocycles. The number of aliphatic hydroxyl groups excluding tert-OH is 1. The highest BCUT2D eigenvalue weighted by molar-refractivity contribution is 7.90. The van der Waals surface area contributed by atoms with Gasteiger partial charge in [-0.2, -0.15) is 0 Å². The molecule has 1 amide bonds. The third kappa shape index (κ3) is 6.83. The normalized spacial score (nSPS) is 30.5. The van der Waals surface area contributed by atoms with E-state index >= 15 is 0 Å². The molecule has 2 aromatic carbocycles. The van der Waals surface area contributed by atoms with Gasteiger partial charge in [0.1, 0.15) is 5.75 Å². The van der Waals surface area contributed by atoms with Gasteiger partial charge in [-0.25, -0.2) is 13.1 Å². The summed E-state index contributed by atoms with van der Waals surface area (Å²) in [7, 11) is -0.943. The smallest absolute Gasteiger partial charge is 0.264 e. The van der Waals surface area contributed by atoms with Crippen LogP contribution in [-0.2, 0) is 31.3 Å². The van der Waals surface area contributed by atoms with Crippen LogP contribution in [0.15, 0.2) is 48.6 Å². The number of carbonyl (C=O) groups excluding carboxylic acids is 1. The van der Waals surface area contributed by atoms with Crippen molar-refractivity contribution < 1.29 is 32.5 Å². The van der Waals surface area contributed by atoms with Gasteiger partial charge in [0.05, 0.1) is 36.4 Å². The Hall–Kier alpha value is -2.63. The van der Waals surface area contributed by atoms with Gasteiger partial charge in [-0.15, -0.1) is 0 Å². The molecule has 1 fully saturated rings. The number of aryl methyl sites for hydroxylation is 1. The van der Waals surface area contributed by atoms with E-state index in [4.69, 9.17) is 25.8 Å². The summed E-state index contributed by atoms with van der Waals surface area (Å²) in [5, 5.41) is 10.2. The van der Waals surface area contributed by atoms with Gasteiger partial charge in [-0.05, 0) is 105 Å². The number of hydrogen-bond acceptors (Lipinski definition) is 8. The number of allylic oxidation sites excluding steroid dienone is 1. The number of fused-ring (bicyclic) bond motifs is 4. The van der Waals surface area contributed by atoms with Crippen LogP contribution in [0.4, 0.5) is 5.69 Å². The fourth-order valence-electron chi connectivity index (χ4n) is 7.94. The number of hydrogen-bond donors (Lipinski definition) is 2. The molecule has 1 saturated carbocycles. The summed E-state index contributed by atoms with van der Waals surface area (Å²) in [6.45, 7) is 1.97. The van der Waals surface area contributed by atoms with Gasteiger partial charge in [-0.3, -0.25) is 4.79 Å². The number of anilines is 1. The molecular weight excluding hydrogens is 628 g/mol. The molecule has 0 saturated heterocycles. The number of aliphatic hydroxyl groups is 1. The number of rotatable bonds is 5. The highest BCUT2D eigenvalue weighted by Gasteiger charge is 2.44. The van der Waals surface area contributed by atoms with Gasteiger partial charge in [0.2, 0.25) is 10.0 Å². The van der Waals surface area contributed by atoms with E-state index in [1.165, 1.54) is 18.2 Å². The van der Waals surface area contributed by atoms with E-state index in [0.717, 1.165) is 49.4 Å². The Morgan fingerprint density at radius 2 is 2.02 bits per heavy atom.